The van der Waals surface area contributed by atoms with Crippen LogP contribution < -0.4 is 5.32 Å². The molecule has 2 unspecified atom stereocenters. The summed E-state index contributed by atoms with van der Waals surface area (Å²) in [7, 11) is 4.29. The van der Waals surface area contributed by atoms with Gasteiger partial charge in [-0.3, -0.25) is 9.88 Å². The summed E-state index contributed by atoms with van der Waals surface area (Å²) in [6, 6.07) is 11.7. The Hall–Kier alpha value is -1.10. The van der Waals surface area contributed by atoms with Crippen LogP contribution in [0.2, 0.25) is 0 Å². The van der Waals surface area contributed by atoms with Crippen molar-refractivity contribution >= 4 is 22.7 Å². The lowest BCUT2D eigenvalue weighted by molar-refractivity contribution is 0.221. The predicted molar refractivity (Wildman–Crippen MR) is 87.3 cm³/mol. The number of nitrogens with zero attached hydrogens (tertiary/aromatic N) is 2. The molecule has 1 fully saturated rings. The first-order valence-electron chi connectivity index (χ1n) is 7.09. The summed E-state index contributed by atoms with van der Waals surface area (Å²) in [5.41, 5.74) is 2.42. The van der Waals surface area contributed by atoms with Gasteiger partial charge in [-0.15, -0.1) is 0 Å². The van der Waals surface area contributed by atoms with Gasteiger partial charge in [0.2, 0.25) is 0 Å². The smallest absolute Gasteiger partial charge is 0.0702 e. The Morgan fingerprint density at radius 1 is 1.40 bits per heavy atom. The molecule has 0 bridgehead atoms. The molecule has 0 aliphatic carbocycles. The molecule has 0 saturated carbocycles. The van der Waals surface area contributed by atoms with E-state index < -0.39 is 0 Å². The molecular weight excluding hydrogens is 266 g/mol. The topological polar surface area (TPSA) is 28.2 Å². The normalized spacial score (nSPS) is 22.0. The average Bonchev–Trinajstić information content (AvgIpc) is 2.50. The zero-order valence-corrected chi connectivity index (χ0v) is 12.9. The minimum absolute atomic E-state index is 0.373. The highest BCUT2D eigenvalue weighted by Gasteiger charge is 2.28. The van der Waals surface area contributed by atoms with E-state index in [1.165, 1.54) is 29.0 Å². The first-order valence-corrected chi connectivity index (χ1v) is 8.25. The van der Waals surface area contributed by atoms with Crippen LogP contribution in [0.25, 0.3) is 10.9 Å². The van der Waals surface area contributed by atoms with Gasteiger partial charge in [0.05, 0.1) is 5.52 Å². The van der Waals surface area contributed by atoms with Crippen LogP contribution in [0, 0.1) is 0 Å². The van der Waals surface area contributed by atoms with Gasteiger partial charge < -0.3 is 5.32 Å². The third kappa shape index (κ3) is 2.68. The fraction of sp³-hybridized carbons (Fsp3) is 0.438. The van der Waals surface area contributed by atoms with Crippen LogP contribution in [0.3, 0.4) is 0 Å². The summed E-state index contributed by atoms with van der Waals surface area (Å²) >= 11 is 2.05. The van der Waals surface area contributed by atoms with E-state index in [-0.39, 0.29) is 0 Å². The molecular formula is C16H21N3S. The van der Waals surface area contributed by atoms with Gasteiger partial charge >= 0.3 is 0 Å². The standard InChI is InChI=1S/C16H21N3S/c1-17-16(15-11-20-9-8-19(15)2)13-5-6-14-12(10-13)4-3-7-18-14/h3-7,10,15-17H,8-9,11H2,1-2H3. The summed E-state index contributed by atoms with van der Waals surface area (Å²) < 4.78 is 0. The van der Waals surface area contributed by atoms with Crippen molar-refractivity contribution in [2.45, 2.75) is 12.1 Å². The van der Waals surface area contributed by atoms with Crippen LogP contribution in [0.1, 0.15) is 11.6 Å². The second-order valence-electron chi connectivity index (χ2n) is 5.34. The largest absolute Gasteiger partial charge is 0.312 e. The van der Waals surface area contributed by atoms with E-state index in [1.54, 1.807) is 0 Å². The van der Waals surface area contributed by atoms with E-state index in [9.17, 15) is 0 Å². The molecule has 106 valence electrons. The Bertz CT molecular complexity index is 587. The lowest BCUT2D eigenvalue weighted by Gasteiger charge is -2.38. The van der Waals surface area contributed by atoms with E-state index in [1.807, 2.05) is 12.3 Å². The van der Waals surface area contributed by atoms with Crippen LogP contribution in [0.4, 0.5) is 0 Å². The van der Waals surface area contributed by atoms with Gasteiger partial charge in [-0.1, -0.05) is 12.1 Å². The molecule has 1 aromatic heterocycles. The number of aromatic nitrogens is 1. The van der Waals surface area contributed by atoms with Crippen molar-refractivity contribution in [3.8, 4) is 0 Å². The lowest BCUT2D eigenvalue weighted by Crippen LogP contribution is -2.47. The first-order chi connectivity index (χ1) is 9.79. The molecule has 3 nitrogen and oxygen atoms in total. The Kier molecular flexibility index (Phi) is 4.24. The van der Waals surface area contributed by atoms with Crippen LogP contribution in [-0.2, 0) is 0 Å². The van der Waals surface area contributed by atoms with Gasteiger partial charge in [-0.2, -0.15) is 11.8 Å². The number of likely N-dealkylation sites (N-methyl/N-ethyl adjacent to an activating group) is 2. The molecule has 1 aliphatic heterocycles. The molecule has 1 aromatic carbocycles. The van der Waals surface area contributed by atoms with Crippen molar-refractivity contribution in [2.75, 3.05) is 32.1 Å². The quantitative estimate of drug-likeness (QED) is 0.939. The fourth-order valence-corrected chi connectivity index (χ4v) is 4.20. The van der Waals surface area contributed by atoms with Gasteiger partial charge in [-0.25, -0.2) is 0 Å². The highest BCUT2D eigenvalue weighted by atomic mass is 32.2. The highest BCUT2D eigenvalue weighted by molar-refractivity contribution is 7.99. The molecule has 3 rings (SSSR count). The number of rotatable bonds is 3. The number of pyridine rings is 1. The molecule has 1 aliphatic rings. The van der Waals surface area contributed by atoms with E-state index >= 15 is 0 Å². The van der Waals surface area contributed by atoms with Crippen molar-refractivity contribution in [1.29, 1.82) is 0 Å². The predicted octanol–water partition coefficient (Wildman–Crippen LogP) is 2.54. The van der Waals surface area contributed by atoms with E-state index in [0.29, 0.717) is 12.1 Å². The van der Waals surface area contributed by atoms with Gasteiger partial charge in [0.25, 0.3) is 0 Å². The first kappa shape index (κ1) is 13.9. The van der Waals surface area contributed by atoms with Crippen molar-refractivity contribution in [2.24, 2.45) is 0 Å². The molecule has 1 N–H and O–H groups in total. The van der Waals surface area contributed by atoms with Crippen LogP contribution in [0.5, 0.6) is 0 Å². The Balaban J connectivity index is 1.93. The maximum Gasteiger partial charge on any atom is 0.0702 e. The van der Waals surface area contributed by atoms with Gasteiger partial charge in [0, 0.05) is 41.7 Å². The average molecular weight is 287 g/mol. The molecule has 1 saturated heterocycles. The molecule has 0 amide bonds. The second kappa shape index (κ2) is 6.12. The summed E-state index contributed by atoms with van der Waals surface area (Å²) in [4.78, 5) is 6.88. The van der Waals surface area contributed by atoms with Crippen LogP contribution in [0.15, 0.2) is 36.5 Å². The number of hydrogen-bond acceptors (Lipinski definition) is 4. The van der Waals surface area contributed by atoms with Crippen molar-refractivity contribution < 1.29 is 0 Å². The monoisotopic (exact) mass is 287 g/mol. The third-order valence-electron chi connectivity index (χ3n) is 4.13. The maximum absolute atomic E-state index is 4.40. The van der Waals surface area contributed by atoms with Gasteiger partial charge in [-0.05, 0) is 37.9 Å². The van der Waals surface area contributed by atoms with Crippen LogP contribution >= 0.6 is 11.8 Å². The number of nitrogens with one attached hydrogen (secondary N) is 1. The molecule has 20 heavy (non-hydrogen) atoms. The van der Waals surface area contributed by atoms with Gasteiger partial charge in [0.15, 0.2) is 0 Å². The Labute approximate surface area is 124 Å². The van der Waals surface area contributed by atoms with Crippen LogP contribution in [-0.4, -0.2) is 48.1 Å². The number of benzene rings is 1. The lowest BCUT2D eigenvalue weighted by atomic mass is 9.97. The zero-order valence-electron chi connectivity index (χ0n) is 12.0. The molecule has 0 spiro atoms. The number of thioether (sulfide) groups is 1. The SMILES string of the molecule is CNC(c1ccc2ncccc2c1)C1CSCCN1C. The fourth-order valence-electron chi connectivity index (χ4n) is 2.93. The van der Waals surface area contributed by atoms with Crippen molar-refractivity contribution in [1.82, 2.24) is 15.2 Å². The van der Waals surface area contributed by atoms with Gasteiger partial charge in [0.1, 0.15) is 0 Å². The Morgan fingerprint density at radius 3 is 3.10 bits per heavy atom. The summed E-state index contributed by atoms with van der Waals surface area (Å²) in [5, 5.41) is 4.73. The minimum Gasteiger partial charge on any atom is -0.312 e. The minimum atomic E-state index is 0.373. The zero-order chi connectivity index (χ0) is 13.9. The molecule has 2 aromatic rings. The maximum atomic E-state index is 4.40. The summed E-state index contributed by atoms with van der Waals surface area (Å²) in [6.45, 7) is 1.17. The second-order valence-corrected chi connectivity index (χ2v) is 6.49. The molecule has 0 radical (unpaired) electrons. The van der Waals surface area contributed by atoms with Crippen molar-refractivity contribution in [3.63, 3.8) is 0 Å². The van der Waals surface area contributed by atoms with E-state index in [0.717, 1.165) is 5.52 Å². The van der Waals surface area contributed by atoms with Crippen molar-refractivity contribution in [3.05, 3.63) is 42.1 Å². The summed E-state index contributed by atoms with van der Waals surface area (Å²) in [5.74, 6) is 2.43. The Morgan fingerprint density at radius 2 is 2.30 bits per heavy atom. The molecule has 4 heteroatoms. The van der Waals surface area contributed by atoms with E-state index in [2.05, 4.69) is 65.3 Å². The molecule has 2 atom stereocenters. The molecule has 2 heterocycles. The summed E-state index contributed by atoms with van der Waals surface area (Å²) in [6.07, 6.45) is 1.85. The number of hydrogen-bond donors (Lipinski definition) is 1. The number of fused-ring (bicyclic) bond motifs is 1. The third-order valence-corrected chi connectivity index (χ3v) is 5.17. The van der Waals surface area contributed by atoms with E-state index in [4.69, 9.17) is 0 Å². The highest BCUT2D eigenvalue weighted by Crippen LogP contribution is 2.28.